The minimum atomic E-state index is -0.823. The SMILES string of the molecule is O=C(O)N1CCC(CN2CCCC2=O)CC1. The first-order valence-electron chi connectivity index (χ1n) is 5.92. The Labute approximate surface area is 95.0 Å². The van der Waals surface area contributed by atoms with Crippen LogP contribution in [0.25, 0.3) is 0 Å². The molecule has 0 atom stereocenters. The van der Waals surface area contributed by atoms with E-state index in [-0.39, 0.29) is 5.91 Å². The largest absolute Gasteiger partial charge is 0.465 e. The minimum absolute atomic E-state index is 0.265. The molecule has 2 amide bonds. The average Bonchev–Trinajstić information content (AvgIpc) is 2.65. The Hall–Kier alpha value is -1.26. The Balaban J connectivity index is 1.77. The molecule has 2 rings (SSSR count). The first kappa shape index (κ1) is 11.2. The highest BCUT2D eigenvalue weighted by molar-refractivity contribution is 5.78. The highest BCUT2D eigenvalue weighted by Gasteiger charge is 2.27. The number of carbonyl (C=O) groups is 2. The van der Waals surface area contributed by atoms with Crippen molar-refractivity contribution >= 4 is 12.0 Å². The molecule has 0 saturated carbocycles. The molecule has 2 saturated heterocycles. The van der Waals surface area contributed by atoms with Crippen LogP contribution in [-0.4, -0.2) is 53.1 Å². The summed E-state index contributed by atoms with van der Waals surface area (Å²) in [6.07, 6.45) is 2.61. The van der Waals surface area contributed by atoms with Gasteiger partial charge in [0.25, 0.3) is 0 Å². The molecule has 0 bridgehead atoms. The molecule has 90 valence electrons. The van der Waals surface area contributed by atoms with Gasteiger partial charge in [0, 0.05) is 32.6 Å². The summed E-state index contributed by atoms with van der Waals surface area (Å²) in [5.74, 6) is 0.748. The molecule has 2 aliphatic heterocycles. The van der Waals surface area contributed by atoms with Gasteiger partial charge in [-0.3, -0.25) is 4.79 Å². The van der Waals surface area contributed by atoms with Crippen molar-refractivity contribution in [1.82, 2.24) is 9.80 Å². The molecule has 0 aromatic heterocycles. The van der Waals surface area contributed by atoms with Crippen LogP contribution in [0, 0.1) is 5.92 Å². The van der Waals surface area contributed by atoms with E-state index in [4.69, 9.17) is 5.11 Å². The van der Waals surface area contributed by atoms with Crippen LogP contribution in [-0.2, 0) is 4.79 Å². The van der Waals surface area contributed by atoms with Gasteiger partial charge in [0.15, 0.2) is 0 Å². The first-order chi connectivity index (χ1) is 7.66. The summed E-state index contributed by atoms with van der Waals surface area (Å²) < 4.78 is 0. The summed E-state index contributed by atoms with van der Waals surface area (Å²) >= 11 is 0. The highest BCUT2D eigenvalue weighted by atomic mass is 16.4. The van der Waals surface area contributed by atoms with Crippen LogP contribution in [0.15, 0.2) is 0 Å². The monoisotopic (exact) mass is 226 g/mol. The van der Waals surface area contributed by atoms with Gasteiger partial charge in [-0.15, -0.1) is 0 Å². The molecule has 0 aromatic rings. The molecule has 5 heteroatoms. The van der Waals surface area contributed by atoms with Crippen LogP contribution in [0.2, 0.25) is 0 Å². The van der Waals surface area contributed by atoms with Gasteiger partial charge >= 0.3 is 6.09 Å². The molecule has 2 heterocycles. The predicted octanol–water partition coefficient (Wildman–Crippen LogP) is 0.999. The van der Waals surface area contributed by atoms with Crippen LogP contribution in [0.1, 0.15) is 25.7 Å². The van der Waals surface area contributed by atoms with E-state index in [2.05, 4.69) is 0 Å². The van der Waals surface area contributed by atoms with Gasteiger partial charge in [-0.1, -0.05) is 0 Å². The third-order valence-corrected chi connectivity index (χ3v) is 3.54. The van der Waals surface area contributed by atoms with E-state index in [0.29, 0.717) is 25.4 Å². The van der Waals surface area contributed by atoms with Crippen molar-refractivity contribution in [3.63, 3.8) is 0 Å². The van der Waals surface area contributed by atoms with E-state index >= 15 is 0 Å². The lowest BCUT2D eigenvalue weighted by atomic mass is 9.96. The summed E-state index contributed by atoms with van der Waals surface area (Å²) in [5.41, 5.74) is 0. The van der Waals surface area contributed by atoms with Crippen molar-refractivity contribution in [2.45, 2.75) is 25.7 Å². The molecule has 0 unspecified atom stereocenters. The third kappa shape index (κ3) is 2.46. The molecule has 2 fully saturated rings. The Kier molecular flexibility index (Phi) is 3.31. The van der Waals surface area contributed by atoms with Crippen LogP contribution < -0.4 is 0 Å². The molecule has 1 N–H and O–H groups in total. The minimum Gasteiger partial charge on any atom is -0.465 e. The van der Waals surface area contributed by atoms with Gasteiger partial charge < -0.3 is 14.9 Å². The van der Waals surface area contributed by atoms with E-state index in [9.17, 15) is 9.59 Å². The Morgan fingerprint density at radius 3 is 2.50 bits per heavy atom. The lowest BCUT2D eigenvalue weighted by Crippen LogP contribution is -2.41. The summed E-state index contributed by atoms with van der Waals surface area (Å²) in [4.78, 5) is 25.6. The van der Waals surface area contributed by atoms with Gasteiger partial charge in [-0.2, -0.15) is 0 Å². The molecular formula is C11H18N2O3. The van der Waals surface area contributed by atoms with Crippen LogP contribution in [0.3, 0.4) is 0 Å². The molecular weight excluding hydrogens is 208 g/mol. The Morgan fingerprint density at radius 1 is 1.31 bits per heavy atom. The summed E-state index contributed by atoms with van der Waals surface area (Å²) in [6.45, 7) is 2.94. The normalized spacial score (nSPS) is 22.9. The number of hydrogen-bond acceptors (Lipinski definition) is 2. The fourth-order valence-electron chi connectivity index (χ4n) is 2.52. The number of amides is 2. The summed E-state index contributed by atoms with van der Waals surface area (Å²) in [7, 11) is 0. The number of likely N-dealkylation sites (tertiary alicyclic amines) is 2. The summed E-state index contributed by atoms with van der Waals surface area (Å²) in [5, 5.41) is 8.81. The van der Waals surface area contributed by atoms with Crippen LogP contribution >= 0.6 is 0 Å². The third-order valence-electron chi connectivity index (χ3n) is 3.54. The molecule has 0 aromatic carbocycles. The van der Waals surface area contributed by atoms with Crippen molar-refractivity contribution in [3.05, 3.63) is 0 Å². The van der Waals surface area contributed by atoms with Crippen molar-refractivity contribution in [2.24, 2.45) is 5.92 Å². The van der Waals surface area contributed by atoms with Gasteiger partial charge in [0.05, 0.1) is 0 Å². The zero-order valence-electron chi connectivity index (χ0n) is 9.39. The van der Waals surface area contributed by atoms with Crippen molar-refractivity contribution in [3.8, 4) is 0 Å². The zero-order chi connectivity index (χ0) is 11.5. The second-order valence-electron chi connectivity index (χ2n) is 4.66. The van der Waals surface area contributed by atoms with Crippen LogP contribution in [0.5, 0.6) is 0 Å². The Bertz CT molecular complexity index is 285. The smallest absolute Gasteiger partial charge is 0.407 e. The fraction of sp³-hybridized carbons (Fsp3) is 0.818. The fourth-order valence-corrected chi connectivity index (χ4v) is 2.52. The number of hydrogen-bond donors (Lipinski definition) is 1. The average molecular weight is 226 g/mol. The first-order valence-corrected chi connectivity index (χ1v) is 5.92. The number of carbonyl (C=O) groups excluding carboxylic acids is 1. The number of piperidine rings is 1. The molecule has 16 heavy (non-hydrogen) atoms. The second-order valence-corrected chi connectivity index (χ2v) is 4.66. The van der Waals surface area contributed by atoms with E-state index in [1.54, 1.807) is 0 Å². The lowest BCUT2D eigenvalue weighted by Gasteiger charge is -2.32. The predicted molar refractivity (Wildman–Crippen MR) is 58.1 cm³/mol. The molecule has 2 aliphatic rings. The van der Waals surface area contributed by atoms with E-state index in [1.807, 2.05) is 4.90 Å². The standard InChI is InChI=1S/C11H18N2O3/c14-10-2-1-5-13(10)8-9-3-6-12(7-4-9)11(15)16/h9H,1-8H2,(H,15,16). The lowest BCUT2D eigenvalue weighted by molar-refractivity contribution is -0.128. The van der Waals surface area contributed by atoms with Crippen molar-refractivity contribution < 1.29 is 14.7 Å². The maximum atomic E-state index is 11.4. The molecule has 0 spiro atoms. The number of rotatable bonds is 2. The van der Waals surface area contributed by atoms with E-state index < -0.39 is 6.09 Å². The van der Waals surface area contributed by atoms with E-state index in [1.165, 1.54) is 4.90 Å². The zero-order valence-corrected chi connectivity index (χ0v) is 9.39. The quantitative estimate of drug-likeness (QED) is 0.764. The highest BCUT2D eigenvalue weighted by Crippen LogP contribution is 2.21. The topological polar surface area (TPSA) is 60.9 Å². The van der Waals surface area contributed by atoms with Crippen molar-refractivity contribution in [1.29, 1.82) is 0 Å². The summed E-state index contributed by atoms with van der Waals surface area (Å²) in [6, 6.07) is 0. The van der Waals surface area contributed by atoms with Crippen molar-refractivity contribution in [2.75, 3.05) is 26.2 Å². The number of nitrogens with zero attached hydrogens (tertiary/aromatic N) is 2. The Morgan fingerprint density at radius 2 is 2.00 bits per heavy atom. The molecule has 0 radical (unpaired) electrons. The maximum absolute atomic E-state index is 11.4. The number of carboxylic acid groups (broad SMARTS) is 1. The van der Waals surface area contributed by atoms with Crippen LogP contribution in [0.4, 0.5) is 4.79 Å². The van der Waals surface area contributed by atoms with Gasteiger partial charge in [-0.05, 0) is 25.2 Å². The molecule has 0 aliphatic carbocycles. The van der Waals surface area contributed by atoms with Gasteiger partial charge in [-0.25, -0.2) is 4.79 Å². The second kappa shape index (κ2) is 4.72. The maximum Gasteiger partial charge on any atom is 0.407 e. The molecule has 5 nitrogen and oxygen atoms in total. The van der Waals surface area contributed by atoms with Gasteiger partial charge in [0.2, 0.25) is 5.91 Å². The van der Waals surface area contributed by atoms with Gasteiger partial charge in [0.1, 0.15) is 0 Å². The van der Waals surface area contributed by atoms with E-state index in [0.717, 1.165) is 32.4 Å².